The average molecular weight is 264 g/mol. The van der Waals surface area contributed by atoms with Crippen LogP contribution in [0.3, 0.4) is 0 Å². The number of pyridine rings is 1. The Balaban J connectivity index is 1.69. The second-order valence-corrected chi connectivity index (χ2v) is 6.25. The van der Waals surface area contributed by atoms with E-state index in [-0.39, 0.29) is 5.41 Å². The van der Waals surface area contributed by atoms with Gasteiger partial charge in [0.25, 0.3) is 0 Å². The topological polar surface area (TPSA) is 25.4 Å². The molecule has 2 aliphatic heterocycles. The summed E-state index contributed by atoms with van der Waals surface area (Å²) >= 11 is 1.93. The van der Waals surface area contributed by atoms with Gasteiger partial charge in [0.15, 0.2) is 0 Å². The summed E-state index contributed by atoms with van der Waals surface area (Å²) in [6.07, 6.45) is 6.42. The Morgan fingerprint density at radius 2 is 2.28 bits per heavy atom. The summed E-state index contributed by atoms with van der Waals surface area (Å²) < 4.78 is 5.77. The number of hydrogen-bond donors (Lipinski definition) is 0. The van der Waals surface area contributed by atoms with E-state index in [0.29, 0.717) is 0 Å². The molecule has 2 aliphatic rings. The largest absolute Gasteiger partial charge is 0.476 e. The first-order valence-electron chi connectivity index (χ1n) is 6.64. The van der Waals surface area contributed by atoms with Crippen LogP contribution in [-0.2, 0) is 5.41 Å². The molecular weight excluding hydrogens is 244 g/mol. The van der Waals surface area contributed by atoms with E-state index in [0.717, 1.165) is 12.5 Å². The molecule has 0 unspecified atom stereocenters. The molecule has 3 rings (SSSR count). The molecule has 0 aromatic carbocycles. The van der Waals surface area contributed by atoms with E-state index in [1.165, 1.54) is 43.8 Å². The van der Waals surface area contributed by atoms with Gasteiger partial charge in [-0.1, -0.05) is 6.07 Å². The molecule has 1 saturated heterocycles. The molecule has 0 N–H and O–H groups in total. The van der Waals surface area contributed by atoms with Crippen LogP contribution in [0, 0.1) is 0 Å². The second-order valence-electron chi connectivity index (χ2n) is 5.26. The Morgan fingerprint density at radius 3 is 3.06 bits per heavy atom. The smallest absolute Gasteiger partial charge is 0.217 e. The molecular formula is C14H20N2OS. The molecule has 0 atom stereocenters. The minimum atomic E-state index is 0.249. The zero-order chi connectivity index (χ0) is 12.4. The van der Waals surface area contributed by atoms with Gasteiger partial charge in [0, 0.05) is 29.5 Å². The van der Waals surface area contributed by atoms with Crippen LogP contribution in [0.25, 0.3) is 0 Å². The highest BCUT2D eigenvalue weighted by atomic mass is 32.2. The number of piperidine rings is 1. The molecule has 1 fully saturated rings. The number of likely N-dealkylation sites (tertiary alicyclic amines) is 1. The van der Waals surface area contributed by atoms with Crippen LogP contribution < -0.4 is 4.74 Å². The molecule has 1 aromatic heterocycles. The van der Waals surface area contributed by atoms with Crippen molar-refractivity contribution in [2.45, 2.75) is 18.3 Å². The molecule has 18 heavy (non-hydrogen) atoms. The summed E-state index contributed by atoms with van der Waals surface area (Å²) in [5.41, 5.74) is 1.59. The third-order valence-electron chi connectivity index (χ3n) is 4.25. The lowest BCUT2D eigenvalue weighted by atomic mass is 9.75. The Labute approximate surface area is 113 Å². The van der Waals surface area contributed by atoms with Gasteiger partial charge in [-0.3, -0.25) is 0 Å². The van der Waals surface area contributed by atoms with Gasteiger partial charge in [-0.05, 0) is 38.3 Å². The van der Waals surface area contributed by atoms with Gasteiger partial charge in [0.2, 0.25) is 5.88 Å². The molecule has 3 heterocycles. The number of rotatable bonds is 3. The summed E-state index contributed by atoms with van der Waals surface area (Å²) in [6.45, 7) is 4.43. The molecule has 98 valence electrons. The fourth-order valence-corrected chi connectivity index (χ4v) is 3.47. The number of aromatic nitrogens is 1. The van der Waals surface area contributed by atoms with Gasteiger partial charge in [-0.25, -0.2) is 4.98 Å². The van der Waals surface area contributed by atoms with E-state index in [2.05, 4.69) is 22.2 Å². The number of hydrogen-bond acceptors (Lipinski definition) is 4. The third kappa shape index (κ3) is 2.12. The Kier molecular flexibility index (Phi) is 3.48. The number of thioether (sulfide) groups is 1. The highest BCUT2D eigenvalue weighted by Gasteiger charge is 2.43. The van der Waals surface area contributed by atoms with Crippen molar-refractivity contribution in [3.63, 3.8) is 0 Å². The predicted molar refractivity (Wildman–Crippen MR) is 75.5 cm³/mol. The van der Waals surface area contributed by atoms with Crippen LogP contribution in [0.2, 0.25) is 0 Å². The maximum Gasteiger partial charge on any atom is 0.217 e. The molecule has 0 saturated carbocycles. The second kappa shape index (κ2) is 5.10. The lowest BCUT2D eigenvalue weighted by Gasteiger charge is -2.38. The van der Waals surface area contributed by atoms with E-state index in [1.54, 1.807) is 0 Å². The first-order chi connectivity index (χ1) is 8.84. The van der Waals surface area contributed by atoms with Crippen molar-refractivity contribution < 1.29 is 4.74 Å². The van der Waals surface area contributed by atoms with Crippen molar-refractivity contribution in [3.8, 4) is 5.88 Å². The van der Waals surface area contributed by atoms with Gasteiger partial charge >= 0.3 is 0 Å². The summed E-state index contributed by atoms with van der Waals surface area (Å²) in [4.78, 5) is 6.92. The molecule has 4 heteroatoms. The molecule has 1 aromatic rings. The Hall–Kier alpha value is -0.740. The number of fused-ring (bicyclic) bond motifs is 2. The van der Waals surface area contributed by atoms with E-state index >= 15 is 0 Å². The molecule has 3 nitrogen and oxygen atoms in total. The van der Waals surface area contributed by atoms with Crippen LogP contribution in [0.5, 0.6) is 5.88 Å². The minimum Gasteiger partial charge on any atom is -0.476 e. The average Bonchev–Trinajstić information content (AvgIpc) is 2.78. The fraction of sp³-hybridized carbons (Fsp3) is 0.643. The zero-order valence-electron chi connectivity index (χ0n) is 10.9. The van der Waals surface area contributed by atoms with Crippen LogP contribution in [0.15, 0.2) is 18.3 Å². The highest BCUT2D eigenvalue weighted by molar-refractivity contribution is 7.98. The predicted octanol–water partition coefficient (Wildman–Crippen LogP) is 2.17. The van der Waals surface area contributed by atoms with Gasteiger partial charge in [-0.2, -0.15) is 11.8 Å². The maximum atomic E-state index is 5.77. The van der Waals surface area contributed by atoms with E-state index in [4.69, 9.17) is 4.74 Å². The van der Waals surface area contributed by atoms with E-state index < -0.39 is 0 Å². The molecule has 0 amide bonds. The van der Waals surface area contributed by atoms with Gasteiger partial charge in [0.05, 0.1) is 6.61 Å². The van der Waals surface area contributed by atoms with Gasteiger partial charge < -0.3 is 9.64 Å². The van der Waals surface area contributed by atoms with Gasteiger partial charge in [0.1, 0.15) is 0 Å². The lowest BCUT2D eigenvalue weighted by Crippen LogP contribution is -2.44. The quantitative estimate of drug-likeness (QED) is 0.835. The minimum absolute atomic E-state index is 0.249. The maximum absolute atomic E-state index is 5.77. The van der Waals surface area contributed by atoms with Crippen molar-refractivity contribution >= 4 is 11.8 Å². The van der Waals surface area contributed by atoms with Crippen molar-refractivity contribution in [1.29, 1.82) is 0 Å². The van der Waals surface area contributed by atoms with Crippen molar-refractivity contribution in [2.24, 2.45) is 0 Å². The van der Waals surface area contributed by atoms with Gasteiger partial charge in [-0.15, -0.1) is 0 Å². The van der Waals surface area contributed by atoms with E-state index in [9.17, 15) is 0 Å². The van der Waals surface area contributed by atoms with Crippen LogP contribution in [-0.4, -0.2) is 48.1 Å². The van der Waals surface area contributed by atoms with Crippen molar-refractivity contribution in [3.05, 3.63) is 23.9 Å². The summed E-state index contributed by atoms with van der Waals surface area (Å²) in [7, 11) is 0. The first-order valence-corrected chi connectivity index (χ1v) is 8.03. The van der Waals surface area contributed by atoms with Crippen LogP contribution in [0.4, 0.5) is 0 Å². The number of ether oxygens (including phenoxy) is 1. The zero-order valence-corrected chi connectivity index (χ0v) is 11.7. The fourth-order valence-electron chi connectivity index (χ4n) is 3.03. The Morgan fingerprint density at radius 1 is 1.44 bits per heavy atom. The molecule has 1 spiro atoms. The first kappa shape index (κ1) is 12.3. The van der Waals surface area contributed by atoms with E-state index in [1.807, 2.05) is 24.0 Å². The third-order valence-corrected chi connectivity index (χ3v) is 4.84. The summed E-state index contributed by atoms with van der Waals surface area (Å²) in [6, 6.07) is 4.24. The van der Waals surface area contributed by atoms with Crippen LogP contribution >= 0.6 is 11.8 Å². The van der Waals surface area contributed by atoms with Crippen molar-refractivity contribution in [2.75, 3.05) is 38.2 Å². The normalized spacial score (nSPS) is 21.8. The monoisotopic (exact) mass is 264 g/mol. The molecule has 0 aliphatic carbocycles. The molecule has 0 radical (unpaired) electrons. The Bertz CT molecular complexity index is 416. The number of nitrogens with zero attached hydrogens (tertiary/aromatic N) is 2. The van der Waals surface area contributed by atoms with Crippen molar-refractivity contribution in [1.82, 2.24) is 9.88 Å². The standard InChI is InChI=1S/C14H20N2OS/c1-18-10-9-16-7-4-14(5-8-16)11-17-13-12(14)3-2-6-15-13/h2-3,6H,4-5,7-11H2,1H3. The highest BCUT2D eigenvalue weighted by Crippen LogP contribution is 2.44. The van der Waals surface area contributed by atoms with Crippen LogP contribution in [0.1, 0.15) is 18.4 Å². The summed E-state index contributed by atoms with van der Waals surface area (Å²) in [5, 5.41) is 0. The lowest BCUT2D eigenvalue weighted by molar-refractivity contribution is 0.140. The molecule has 0 bridgehead atoms. The summed E-state index contributed by atoms with van der Waals surface area (Å²) in [5.74, 6) is 2.11. The SMILES string of the molecule is CSCCN1CCC2(CC1)COc1ncccc12.